The van der Waals surface area contributed by atoms with Crippen molar-refractivity contribution in [1.29, 1.82) is 0 Å². The number of aromatic nitrogens is 4. The topological polar surface area (TPSA) is 63.9 Å². The Kier molecular flexibility index (Phi) is 3.99. The second kappa shape index (κ2) is 6.45. The third kappa shape index (κ3) is 3.01. The minimum atomic E-state index is -0.185. The summed E-state index contributed by atoms with van der Waals surface area (Å²) in [4.78, 5) is 27.7. The van der Waals surface area contributed by atoms with Crippen molar-refractivity contribution < 1.29 is 4.79 Å². The third-order valence-corrected chi connectivity index (χ3v) is 4.89. The number of benzene rings is 1. The van der Waals surface area contributed by atoms with E-state index in [1.807, 2.05) is 36.4 Å². The molecule has 0 unspecified atom stereocenters. The molecule has 0 radical (unpaired) electrons. The van der Waals surface area contributed by atoms with E-state index < -0.39 is 0 Å². The van der Waals surface area contributed by atoms with E-state index in [2.05, 4.69) is 15.0 Å². The molecule has 0 fully saturated rings. The number of pyridine rings is 1. The molecule has 6 nitrogen and oxygen atoms in total. The summed E-state index contributed by atoms with van der Waals surface area (Å²) in [6.45, 7) is 0.388. The van der Waals surface area contributed by atoms with Gasteiger partial charge in [-0.1, -0.05) is 29.5 Å². The normalized spacial score (nSPS) is 10.9. The molecule has 0 N–H and O–H groups in total. The first kappa shape index (κ1) is 15.5. The van der Waals surface area contributed by atoms with Crippen LogP contribution in [-0.4, -0.2) is 25.4 Å². The first-order valence-corrected chi connectivity index (χ1v) is 8.58. The lowest BCUT2D eigenvalue weighted by Gasteiger charge is -2.19. The molecule has 3 heterocycles. The van der Waals surface area contributed by atoms with Crippen LogP contribution in [0.1, 0.15) is 16.2 Å². The summed E-state index contributed by atoms with van der Waals surface area (Å²) in [5.41, 5.74) is 1.82. The Morgan fingerprint density at radius 3 is 2.80 bits per heavy atom. The van der Waals surface area contributed by atoms with Crippen LogP contribution in [0.5, 0.6) is 0 Å². The van der Waals surface area contributed by atoms with Crippen molar-refractivity contribution in [3.05, 3.63) is 72.6 Å². The molecule has 0 saturated heterocycles. The number of imidazole rings is 1. The van der Waals surface area contributed by atoms with E-state index in [1.165, 1.54) is 11.3 Å². The molecule has 7 heteroatoms. The fourth-order valence-electron chi connectivity index (χ4n) is 2.57. The summed E-state index contributed by atoms with van der Waals surface area (Å²) in [5.74, 6) is 0.193. The molecule has 1 aromatic carbocycles. The molecule has 0 aliphatic carbocycles. The van der Waals surface area contributed by atoms with Crippen LogP contribution in [0.3, 0.4) is 0 Å². The monoisotopic (exact) mass is 349 g/mol. The van der Waals surface area contributed by atoms with E-state index in [9.17, 15) is 4.79 Å². The van der Waals surface area contributed by atoms with Crippen LogP contribution in [0.2, 0.25) is 0 Å². The number of anilines is 1. The Balaban J connectivity index is 1.77. The lowest BCUT2D eigenvalue weighted by molar-refractivity contribution is 0.0972. The van der Waals surface area contributed by atoms with Crippen molar-refractivity contribution in [1.82, 2.24) is 19.5 Å². The summed E-state index contributed by atoms with van der Waals surface area (Å²) in [6.07, 6.45) is 6.85. The molecule has 0 aliphatic rings. The average Bonchev–Trinajstić information content (AvgIpc) is 3.25. The van der Waals surface area contributed by atoms with Gasteiger partial charge in [0.15, 0.2) is 11.0 Å². The number of rotatable bonds is 4. The second-order valence-corrected chi connectivity index (χ2v) is 6.59. The van der Waals surface area contributed by atoms with Crippen molar-refractivity contribution in [2.24, 2.45) is 7.05 Å². The zero-order valence-corrected chi connectivity index (χ0v) is 14.3. The van der Waals surface area contributed by atoms with E-state index >= 15 is 0 Å². The van der Waals surface area contributed by atoms with Gasteiger partial charge in [0.1, 0.15) is 0 Å². The highest BCUT2D eigenvalue weighted by atomic mass is 32.1. The van der Waals surface area contributed by atoms with Gasteiger partial charge in [0.05, 0.1) is 16.8 Å². The van der Waals surface area contributed by atoms with Gasteiger partial charge in [-0.05, 0) is 23.8 Å². The Bertz CT molecular complexity index is 991. The van der Waals surface area contributed by atoms with Gasteiger partial charge >= 0.3 is 0 Å². The molecule has 25 heavy (non-hydrogen) atoms. The van der Waals surface area contributed by atoms with Crippen molar-refractivity contribution in [2.75, 3.05) is 4.90 Å². The fraction of sp³-hybridized carbons (Fsp3) is 0.111. The first-order valence-electron chi connectivity index (χ1n) is 7.76. The number of para-hydroxylation sites is 1. The van der Waals surface area contributed by atoms with Crippen molar-refractivity contribution >= 4 is 32.6 Å². The fourth-order valence-corrected chi connectivity index (χ4v) is 3.53. The highest BCUT2D eigenvalue weighted by Crippen LogP contribution is 2.30. The maximum absolute atomic E-state index is 13.1. The number of fused-ring (bicyclic) bond motifs is 1. The zero-order valence-electron chi connectivity index (χ0n) is 13.5. The van der Waals surface area contributed by atoms with Gasteiger partial charge in [-0.25, -0.2) is 9.97 Å². The molecule has 3 aromatic heterocycles. The summed E-state index contributed by atoms with van der Waals surface area (Å²) in [7, 11) is 1.81. The highest BCUT2D eigenvalue weighted by Gasteiger charge is 2.24. The minimum absolute atomic E-state index is 0.185. The van der Waals surface area contributed by atoms with Crippen molar-refractivity contribution in [3.8, 4) is 0 Å². The molecule has 0 saturated carbocycles. The Labute approximate surface area is 148 Å². The number of aryl methyl sites for hydroxylation is 1. The molecule has 4 aromatic rings. The van der Waals surface area contributed by atoms with E-state index in [0.717, 1.165) is 15.8 Å². The summed E-state index contributed by atoms with van der Waals surface area (Å²) >= 11 is 1.49. The molecular formula is C18H15N5OS. The minimum Gasteiger partial charge on any atom is -0.330 e. The SMILES string of the molecule is Cn1ccnc1C(=O)N(Cc1cccnc1)c1nc2ccccc2s1. The van der Waals surface area contributed by atoms with Gasteiger partial charge in [-0.3, -0.25) is 14.7 Å². The number of thiazole rings is 1. The summed E-state index contributed by atoms with van der Waals surface area (Å²) < 4.78 is 2.76. The van der Waals surface area contributed by atoms with Gasteiger partial charge < -0.3 is 4.57 Å². The van der Waals surface area contributed by atoms with Crippen LogP contribution in [0.25, 0.3) is 10.2 Å². The van der Waals surface area contributed by atoms with E-state index in [1.54, 1.807) is 41.3 Å². The van der Waals surface area contributed by atoms with Gasteiger partial charge in [-0.2, -0.15) is 0 Å². The van der Waals surface area contributed by atoms with E-state index in [4.69, 9.17) is 0 Å². The van der Waals surface area contributed by atoms with Crippen molar-refractivity contribution in [2.45, 2.75) is 6.54 Å². The molecule has 0 spiro atoms. The Morgan fingerprint density at radius 2 is 2.08 bits per heavy atom. The molecule has 0 bridgehead atoms. The van der Waals surface area contributed by atoms with Crippen LogP contribution >= 0.6 is 11.3 Å². The zero-order chi connectivity index (χ0) is 17.2. The van der Waals surface area contributed by atoms with Gasteiger partial charge in [0.2, 0.25) is 0 Å². The van der Waals surface area contributed by atoms with Crippen molar-refractivity contribution in [3.63, 3.8) is 0 Å². The number of hydrogen-bond donors (Lipinski definition) is 0. The second-order valence-electron chi connectivity index (χ2n) is 5.58. The highest BCUT2D eigenvalue weighted by molar-refractivity contribution is 7.22. The van der Waals surface area contributed by atoms with Crippen LogP contribution in [0, 0.1) is 0 Å². The Hall–Kier alpha value is -3.06. The van der Waals surface area contributed by atoms with E-state index in [-0.39, 0.29) is 5.91 Å². The first-order chi connectivity index (χ1) is 12.2. The summed E-state index contributed by atoms with van der Waals surface area (Å²) in [5, 5.41) is 0.651. The third-order valence-electron chi connectivity index (χ3n) is 3.83. The molecule has 124 valence electrons. The van der Waals surface area contributed by atoms with Gasteiger partial charge in [-0.15, -0.1) is 0 Å². The number of hydrogen-bond acceptors (Lipinski definition) is 5. The van der Waals surface area contributed by atoms with E-state index in [0.29, 0.717) is 17.5 Å². The van der Waals surface area contributed by atoms with Gasteiger partial charge in [0, 0.05) is 31.8 Å². The Morgan fingerprint density at radius 1 is 1.20 bits per heavy atom. The maximum atomic E-state index is 13.1. The number of nitrogens with zero attached hydrogens (tertiary/aromatic N) is 5. The predicted octanol–water partition coefficient (Wildman–Crippen LogP) is 3.27. The number of carbonyl (C=O) groups excluding carboxylic acids is 1. The summed E-state index contributed by atoms with van der Waals surface area (Å²) in [6, 6.07) is 11.7. The molecule has 0 aliphatic heterocycles. The molecular weight excluding hydrogens is 334 g/mol. The van der Waals surface area contributed by atoms with Crippen LogP contribution in [0.4, 0.5) is 5.13 Å². The molecule has 0 atom stereocenters. The maximum Gasteiger partial charge on any atom is 0.296 e. The van der Waals surface area contributed by atoms with Crippen LogP contribution in [0.15, 0.2) is 61.2 Å². The average molecular weight is 349 g/mol. The lowest BCUT2D eigenvalue weighted by Crippen LogP contribution is -2.32. The van der Waals surface area contributed by atoms with Crippen LogP contribution in [-0.2, 0) is 13.6 Å². The molecule has 1 amide bonds. The smallest absolute Gasteiger partial charge is 0.296 e. The lowest BCUT2D eigenvalue weighted by atomic mass is 10.2. The standard InChI is InChI=1S/C18H15N5OS/c1-22-10-9-20-16(22)17(24)23(12-13-5-4-8-19-11-13)18-21-14-6-2-3-7-15(14)25-18/h2-11H,12H2,1H3. The largest absolute Gasteiger partial charge is 0.330 e. The quantitative estimate of drug-likeness (QED) is 0.567. The van der Waals surface area contributed by atoms with Gasteiger partial charge in [0.25, 0.3) is 5.91 Å². The number of carbonyl (C=O) groups is 1. The van der Waals surface area contributed by atoms with Crippen LogP contribution < -0.4 is 4.90 Å². The molecule has 4 rings (SSSR count). The predicted molar refractivity (Wildman–Crippen MR) is 97.6 cm³/mol. The number of amides is 1.